The Labute approximate surface area is 50.3 Å². The van der Waals surface area contributed by atoms with Crippen LogP contribution < -0.4 is 0 Å². The van der Waals surface area contributed by atoms with Crippen molar-refractivity contribution in [1.82, 2.24) is 0 Å². The summed E-state index contributed by atoms with van der Waals surface area (Å²) in [6.07, 6.45) is 0. The summed E-state index contributed by atoms with van der Waals surface area (Å²) in [6.45, 7) is 1.56. The van der Waals surface area contributed by atoms with Gasteiger partial charge in [0, 0.05) is 5.92 Å². The minimum atomic E-state index is -0.567. The van der Waals surface area contributed by atoms with Gasteiger partial charge in [-0.2, -0.15) is 0 Å². The van der Waals surface area contributed by atoms with Gasteiger partial charge in [-0.3, -0.25) is 0 Å². The highest BCUT2D eigenvalue weighted by molar-refractivity contribution is 9.06. The van der Waals surface area contributed by atoms with Crippen molar-refractivity contribution in [2.75, 3.05) is 0 Å². The van der Waals surface area contributed by atoms with Crippen LogP contribution in [0.3, 0.4) is 0 Å². The van der Waals surface area contributed by atoms with Crippen molar-refractivity contribution in [2.24, 2.45) is 0 Å². The van der Waals surface area contributed by atoms with E-state index in [9.17, 15) is 4.79 Å². The fraction of sp³-hybridized carbons (Fsp3) is 0.250. The van der Waals surface area contributed by atoms with Gasteiger partial charge >= 0.3 is 5.97 Å². The highest BCUT2D eigenvalue weighted by Crippen LogP contribution is 1.81. The molecule has 0 radical (unpaired) electrons. The van der Waals surface area contributed by atoms with Gasteiger partial charge in [-0.1, -0.05) is 5.92 Å². The van der Waals surface area contributed by atoms with E-state index in [1.165, 1.54) is 0 Å². The Morgan fingerprint density at radius 1 is 1.86 bits per heavy atom. The summed E-state index contributed by atoms with van der Waals surface area (Å²) in [7, 11) is 0. The molecule has 2 nitrogen and oxygen atoms in total. The molecule has 0 saturated carbocycles. The van der Waals surface area contributed by atoms with Crippen molar-refractivity contribution < 1.29 is 8.62 Å². The molecule has 3 heteroatoms. The van der Waals surface area contributed by atoms with Gasteiger partial charge in [-0.15, -0.1) is 0 Å². The highest BCUT2D eigenvalue weighted by Gasteiger charge is 1.87. The van der Waals surface area contributed by atoms with Gasteiger partial charge in [0.2, 0.25) is 0 Å². The third-order valence-corrected chi connectivity index (χ3v) is 0.591. The molecule has 0 unspecified atom stereocenters. The number of carbonyl (C=O) groups excluding carboxylic acids is 1. The zero-order chi connectivity index (χ0) is 5.70. The largest absolute Gasteiger partial charge is 0.395 e. The summed E-state index contributed by atoms with van der Waals surface area (Å²) in [5, 5.41) is 0. The Morgan fingerprint density at radius 2 is 2.43 bits per heavy atom. The average molecular weight is 163 g/mol. The number of hydrogen-bond donors (Lipinski definition) is 0. The molecule has 0 aromatic heterocycles. The molecule has 0 saturated heterocycles. The van der Waals surface area contributed by atoms with Crippen LogP contribution in [-0.2, 0) is 8.62 Å². The molecule has 0 bridgehead atoms. The first-order valence-electron chi connectivity index (χ1n) is 1.56. The van der Waals surface area contributed by atoms with Gasteiger partial charge in [-0.25, -0.2) is 4.79 Å². The third kappa shape index (κ3) is 3.34. The maximum absolute atomic E-state index is 9.97. The van der Waals surface area contributed by atoms with Gasteiger partial charge < -0.3 is 3.83 Å². The van der Waals surface area contributed by atoms with Crippen LogP contribution >= 0.6 is 16.3 Å². The van der Waals surface area contributed by atoms with Crippen LogP contribution in [0.1, 0.15) is 6.92 Å². The lowest BCUT2D eigenvalue weighted by Gasteiger charge is -1.76. The second-order valence-corrected chi connectivity index (χ2v) is 1.06. The second-order valence-electron chi connectivity index (χ2n) is 0.740. The van der Waals surface area contributed by atoms with E-state index in [0.717, 1.165) is 0 Å². The van der Waals surface area contributed by atoms with Crippen molar-refractivity contribution in [2.45, 2.75) is 6.92 Å². The fourth-order valence-electron chi connectivity index (χ4n) is 0.121. The standard InChI is InChI=1S/C4H3BrO2/c1-2-3-4(6)7-5/h1H3. The molecule has 7 heavy (non-hydrogen) atoms. The SMILES string of the molecule is CC#CC(=O)OBr. The molecule has 0 aromatic rings. The molecule has 0 spiro atoms. The quantitative estimate of drug-likeness (QED) is 0.495. The summed E-state index contributed by atoms with van der Waals surface area (Å²) < 4.78 is 3.99. The zero-order valence-electron chi connectivity index (χ0n) is 3.69. The Balaban J connectivity index is 3.52. The van der Waals surface area contributed by atoms with Gasteiger partial charge in [-0.05, 0) is 6.92 Å². The monoisotopic (exact) mass is 162 g/mol. The topological polar surface area (TPSA) is 26.3 Å². The van der Waals surface area contributed by atoms with Crippen molar-refractivity contribution in [1.29, 1.82) is 0 Å². The molecular weight excluding hydrogens is 160 g/mol. The summed E-state index contributed by atoms with van der Waals surface area (Å²) in [4.78, 5) is 9.97. The lowest BCUT2D eigenvalue weighted by atomic mass is 10.6. The highest BCUT2D eigenvalue weighted by atomic mass is 79.9. The second kappa shape index (κ2) is 3.69. The van der Waals surface area contributed by atoms with Crippen LogP contribution in [-0.4, -0.2) is 5.97 Å². The van der Waals surface area contributed by atoms with E-state index in [4.69, 9.17) is 0 Å². The molecule has 0 aliphatic rings. The van der Waals surface area contributed by atoms with E-state index in [1.807, 2.05) is 0 Å². The van der Waals surface area contributed by atoms with Crippen molar-refractivity contribution in [3.05, 3.63) is 0 Å². The Kier molecular flexibility index (Phi) is 3.43. The van der Waals surface area contributed by atoms with E-state index in [-0.39, 0.29) is 0 Å². The predicted octanol–water partition coefficient (Wildman–Crippen LogP) is 0.863. The number of halogens is 1. The Bertz CT molecular complexity index is 119. The predicted molar refractivity (Wildman–Crippen MR) is 28.5 cm³/mol. The maximum atomic E-state index is 9.97. The minimum Gasteiger partial charge on any atom is -0.374 e. The third-order valence-electron chi connectivity index (χ3n) is 0.297. The van der Waals surface area contributed by atoms with E-state index in [2.05, 4.69) is 31.9 Å². The zero-order valence-corrected chi connectivity index (χ0v) is 5.28. The summed E-state index contributed by atoms with van der Waals surface area (Å²) in [5.41, 5.74) is 0. The van der Waals surface area contributed by atoms with Crippen LogP contribution in [0.4, 0.5) is 0 Å². The fourth-order valence-corrected chi connectivity index (χ4v) is 0.202. The van der Waals surface area contributed by atoms with Crippen LogP contribution in [0.5, 0.6) is 0 Å². The minimum absolute atomic E-state index is 0.567. The van der Waals surface area contributed by atoms with Crippen LogP contribution in [0.15, 0.2) is 0 Å². The van der Waals surface area contributed by atoms with Gasteiger partial charge in [0.15, 0.2) is 16.3 Å². The average Bonchev–Trinajstić information content (AvgIpc) is 1.68. The van der Waals surface area contributed by atoms with Crippen molar-refractivity contribution >= 4 is 22.2 Å². The van der Waals surface area contributed by atoms with E-state index in [1.54, 1.807) is 6.92 Å². The molecule has 0 N–H and O–H groups in total. The van der Waals surface area contributed by atoms with Crippen molar-refractivity contribution in [3.8, 4) is 11.8 Å². The van der Waals surface area contributed by atoms with E-state index < -0.39 is 5.97 Å². The van der Waals surface area contributed by atoms with Gasteiger partial charge in [0.25, 0.3) is 0 Å². The first-order chi connectivity index (χ1) is 3.31. The molecule has 0 aliphatic heterocycles. The summed E-state index contributed by atoms with van der Waals surface area (Å²) >= 11 is 2.46. The first-order valence-corrected chi connectivity index (χ1v) is 2.21. The molecule has 0 aromatic carbocycles. The molecule has 38 valence electrons. The van der Waals surface area contributed by atoms with E-state index in [0.29, 0.717) is 0 Å². The smallest absolute Gasteiger partial charge is 0.374 e. The van der Waals surface area contributed by atoms with Gasteiger partial charge in [0.1, 0.15) is 0 Å². The van der Waals surface area contributed by atoms with E-state index >= 15 is 0 Å². The summed E-state index contributed by atoms with van der Waals surface area (Å²) in [6, 6.07) is 0. The molecule has 0 heterocycles. The molecule has 0 fully saturated rings. The molecule has 0 atom stereocenters. The number of rotatable bonds is 0. The Morgan fingerprint density at radius 3 is 2.57 bits per heavy atom. The molecule has 0 amide bonds. The van der Waals surface area contributed by atoms with Crippen LogP contribution in [0, 0.1) is 11.8 Å². The van der Waals surface area contributed by atoms with Gasteiger partial charge in [0.05, 0.1) is 0 Å². The first kappa shape index (κ1) is 6.51. The molecule has 0 rings (SSSR count). The van der Waals surface area contributed by atoms with Crippen LogP contribution in [0.25, 0.3) is 0 Å². The maximum Gasteiger partial charge on any atom is 0.395 e. The van der Waals surface area contributed by atoms with Crippen molar-refractivity contribution in [3.63, 3.8) is 0 Å². The lowest BCUT2D eigenvalue weighted by Crippen LogP contribution is -1.87. The number of carbonyl (C=O) groups is 1. The Hall–Kier alpha value is -0.490. The normalized spacial score (nSPS) is 6.00. The summed E-state index contributed by atoms with van der Waals surface area (Å²) in [5.74, 6) is 3.93. The number of hydrogen-bond acceptors (Lipinski definition) is 2. The molecule has 0 aliphatic carbocycles. The van der Waals surface area contributed by atoms with Crippen LogP contribution in [0.2, 0.25) is 0 Å². The molecular formula is C4H3BrO2. The lowest BCUT2D eigenvalue weighted by molar-refractivity contribution is -0.126.